The minimum atomic E-state index is 0.758. The monoisotopic (exact) mass is 211 g/mol. The number of benzene rings is 1. The van der Waals surface area contributed by atoms with Crippen molar-refractivity contribution < 1.29 is 4.84 Å². The minimum absolute atomic E-state index is 0.758. The van der Waals surface area contributed by atoms with Crippen LogP contribution in [0.3, 0.4) is 0 Å². The summed E-state index contributed by atoms with van der Waals surface area (Å²) < 4.78 is 0. The molecule has 0 bridgehead atoms. The first kappa shape index (κ1) is 11.6. The first-order chi connectivity index (χ1) is 6.69. The van der Waals surface area contributed by atoms with Gasteiger partial charge in [-0.15, -0.1) is 11.8 Å². The fourth-order valence-electron chi connectivity index (χ4n) is 1.33. The molecule has 0 aliphatic carbocycles. The molecule has 0 aliphatic heterocycles. The van der Waals surface area contributed by atoms with E-state index in [4.69, 9.17) is 4.84 Å². The van der Waals surface area contributed by atoms with E-state index >= 15 is 0 Å². The second-order valence-electron chi connectivity index (χ2n) is 3.27. The maximum Gasteiger partial charge on any atom is 0.0572 e. The van der Waals surface area contributed by atoms with Crippen LogP contribution in [-0.2, 0) is 11.4 Å². The highest BCUT2D eigenvalue weighted by Gasteiger charge is 2.03. The summed E-state index contributed by atoms with van der Waals surface area (Å²) in [5.41, 5.74) is 6.84. The van der Waals surface area contributed by atoms with E-state index in [0.29, 0.717) is 0 Å². The third-order valence-electron chi connectivity index (χ3n) is 2.30. The fraction of sp³-hybridized carbons (Fsp3) is 0.455. The smallest absolute Gasteiger partial charge is 0.0572 e. The van der Waals surface area contributed by atoms with Gasteiger partial charge in [-0.1, -0.05) is 6.07 Å². The summed E-state index contributed by atoms with van der Waals surface area (Å²) in [7, 11) is 1.64. The Morgan fingerprint density at radius 1 is 1.29 bits per heavy atom. The van der Waals surface area contributed by atoms with Crippen molar-refractivity contribution in [2.75, 3.05) is 13.4 Å². The zero-order valence-electron chi connectivity index (χ0n) is 9.18. The standard InChI is InChI=1S/C11H17NOS/c1-8-5-10(7-12-13-3)11(14-4)6-9(8)2/h5-6,12H,7H2,1-4H3. The number of hydrogen-bond donors (Lipinski definition) is 1. The molecule has 0 saturated heterocycles. The highest BCUT2D eigenvalue weighted by atomic mass is 32.2. The van der Waals surface area contributed by atoms with Gasteiger partial charge in [-0.25, -0.2) is 0 Å². The summed E-state index contributed by atoms with van der Waals surface area (Å²) in [6.07, 6.45) is 2.10. The van der Waals surface area contributed by atoms with Gasteiger partial charge in [-0.3, -0.25) is 0 Å². The lowest BCUT2D eigenvalue weighted by molar-refractivity contribution is 0.0862. The van der Waals surface area contributed by atoms with Crippen LogP contribution in [0.4, 0.5) is 0 Å². The van der Waals surface area contributed by atoms with Crippen molar-refractivity contribution in [3.63, 3.8) is 0 Å². The number of thioether (sulfide) groups is 1. The molecule has 0 fully saturated rings. The van der Waals surface area contributed by atoms with Crippen LogP contribution in [0, 0.1) is 13.8 Å². The van der Waals surface area contributed by atoms with Crippen molar-refractivity contribution in [2.24, 2.45) is 0 Å². The van der Waals surface area contributed by atoms with Crippen molar-refractivity contribution in [1.29, 1.82) is 0 Å². The topological polar surface area (TPSA) is 21.3 Å². The van der Waals surface area contributed by atoms with Crippen molar-refractivity contribution >= 4 is 11.8 Å². The molecule has 1 rings (SSSR count). The molecular formula is C11H17NOS. The predicted molar refractivity (Wildman–Crippen MR) is 61.5 cm³/mol. The molecule has 0 unspecified atom stereocenters. The second-order valence-corrected chi connectivity index (χ2v) is 4.12. The molecule has 0 aromatic heterocycles. The van der Waals surface area contributed by atoms with E-state index in [2.05, 4.69) is 37.7 Å². The van der Waals surface area contributed by atoms with Gasteiger partial charge in [0.15, 0.2) is 0 Å². The molecule has 0 saturated carbocycles. The molecule has 14 heavy (non-hydrogen) atoms. The molecule has 78 valence electrons. The SMILES string of the molecule is CONCc1cc(C)c(C)cc1SC. The average Bonchev–Trinajstić information content (AvgIpc) is 2.19. The Morgan fingerprint density at radius 2 is 1.93 bits per heavy atom. The van der Waals surface area contributed by atoms with E-state index in [-0.39, 0.29) is 0 Å². The highest BCUT2D eigenvalue weighted by Crippen LogP contribution is 2.24. The Kier molecular flexibility index (Phi) is 4.45. The lowest BCUT2D eigenvalue weighted by Crippen LogP contribution is -2.11. The fourth-order valence-corrected chi connectivity index (χ4v) is 2.02. The lowest BCUT2D eigenvalue weighted by Gasteiger charge is -2.11. The van der Waals surface area contributed by atoms with E-state index in [1.807, 2.05) is 0 Å². The molecule has 0 aliphatic rings. The number of nitrogens with one attached hydrogen (secondary N) is 1. The van der Waals surface area contributed by atoms with E-state index in [1.54, 1.807) is 18.9 Å². The van der Waals surface area contributed by atoms with E-state index in [1.165, 1.54) is 21.6 Å². The molecule has 1 aromatic carbocycles. The van der Waals surface area contributed by atoms with Crippen molar-refractivity contribution in [3.8, 4) is 0 Å². The molecule has 0 atom stereocenters. The third kappa shape index (κ3) is 2.74. The Labute approximate surface area is 90.0 Å². The number of rotatable bonds is 4. The van der Waals surface area contributed by atoms with Crippen LogP contribution in [-0.4, -0.2) is 13.4 Å². The summed E-state index contributed by atoms with van der Waals surface area (Å²) in [4.78, 5) is 6.17. The number of aryl methyl sites for hydroxylation is 2. The molecule has 3 heteroatoms. The van der Waals surface area contributed by atoms with Crippen LogP contribution >= 0.6 is 11.8 Å². The molecule has 1 aromatic rings. The van der Waals surface area contributed by atoms with Crippen molar-refractivity contribution in [2.45, 2.75) is 25.3 Å². The maximum atomic E-state index is 4.86. The van der Waals surface area contributed by atoms with Crippen LogP contribution < -0.4 is 5.48 Å². The Hall–Kier alpha value is -0.510. The normalized spacial score (nSPS) is 10.6. The predicted octanol–water partition coefficient (Wildman–Crippen LogP) is 2.68. The second kappa shape index (κ2) is 5.39. The van der Waals surface area contributed by atoms with Gasteiger partial charge in [-0.2, -0.15) is 5.48 Å². The van der Waals surface area contributed by atoms with Gasteiger partial charge in [0.05, 0.1) is 7.11 Å². The summed E-state index contributed by atoms with van der Waals surface area (Å²) >= 11 is 1.77. The molecular weight excluding hydrogens is 194 g/mol. The maximum absolute atomic E-state index is 4.86. The van der Waals surface area contributed by atoms with E-state index < -0.39 is 0 Å². The van der Waals surface area contributed by atoms with Gasteiger partial charge in [-0.05, 0) is 42.9 Å². The van der Waals surface area contributed by atoms with Gasteiger partial charge in [0.1, 0.15) is 0 Å². The summed E-state index contributed by atoms with van der Waals surface area (Å²) in [5, 5.41) is 0. The largest absolute Gasteiger partial charge is 0.305 e. The van der Waals surface area contributed by atoms with Gasteiger partial charge >= 0.3 is 0 Å². The summed E-state index contributed by atoms with van der Waals surface area (Å²) in [6.45, 7) is 5.03. The Balaban J connectivity index is 2.95. The lowest BCUT2D eigenvalue weighted by atomic mass is 10.1. The highest BCUT2D eigenvalue weighted by molar-refractivity contribution is 7.98. The number of hydroxylamine groups is 1. The molecule has 1 N–H and O–H groups in total. The van der Waals surface area contributed by atoms with Crippen LogP contribution in [0.2, 0.25) is 0 Å². The zero-order valence-corrected chi connectivity index (χ0v) is 9.99. The van der Waals surface area contributed by atoms with Crippen LogP contribution in [0.25, 0.3) is 0 Å². The van der Waals surface area contributed by atoms with Crippen molar-refractivity contribution in [1.82, 2.24) is 5.48 Å². The average molecular weight is 211 g/mol. The van der Waals surface area contributed by atoms with Crippen LogP contribution in [0.1, 0.15) is 16.7 Å². The Morgan fingerprint density at radius 3 is 2.50 bits per heavy atom. The molecule has 2 nitrogen and oxygen atoms in total. The van der Waals surface area contributed by atoms with E-state index in [9.17, 15) is 0 Å². The zero-order chi connectivity index (χ0) is 10.6. The van der Waals surface area contributed by atoms with Gasteiger partial charge in [0, 0.05) is 11.4 Å². The molecule has 0 radical (unpaired) electrons. The van der Waals surface area contributed by atoms with Gasteiger partial charge in [0.25, 0.3) is 0 Å². The summed E-state index contributed by atoms with van der Waals surface area (Å²) in [6, 6.07) is 4.44. The van der Waals surface area contributed by atoms with Crippen LogP contribution in [0.15, 0.2) is 17.0 Å². The molecule has 0 amide bonds. The third-order valence-corrected chi connectivity index (χ3v) is 3.12. The van der Waals surface area contributed by atoms with Gasteiger partial charge in [0.2, 0.25) is 0 Å². The molecule has 0 heterocycles. The minimum Gasteiger partial charge on any atom is -0.305 e. The van der Waals surface area contributed by atoms with Gasteiger partial charge < -0.3 is 4.84 Å². The van der Waals surface area contributed by atoms with Crippen LogP contribution in [0.5, 0.6) is 0 Å². The van der Waals surface area contributed by atoms with Crippen molar-refractivity contribution in [3.05, 3.63) is 28.8 Å². The van der Waals surface area contributed by atoms with E-state index in [0.717, 1.165) is 6.54 Å². The quantitative estimate of drug-likeness (QED) is 0.611. The number of hydrogen-bond acceptors (Lipinski definition) is 3. The molecule has 0 spiro atoms. The first-order valence-electron chi connectivity index (χ1n) is 4.59. The summed E-state index contributed by atoms with van der Waals surface area (Å²) in [5.74, 6) is 0. The first-order valence-corrected chi connectivity index (χ1v) is 5.81. The Bertz CT molecular complexity index is 312.